The SMILES string of the molecule is Cc1ccc(OC(=O)CNS(=O)(=O)Cc2cccc(C)c2)cc1. The Kier molecular flexibility index (Phi) is 5.52. The lowest BCUT2D eigenvalue weighted by atomic mass is 10.2. The molecule has 2 aromatic carbocycles. The van der Waals surface area contributed by atoms with Crippen molar-refractivity contribution in [1.29, 1.82) is 0 Å². The number of hydrogen-bond acceptors (Lipinski definition) is 4. The molecule has 2 aromatic rings. The predicted octanol–water partition coefficient (Wildman–Crippen LogP) is 2.33. The van der Waals surface area contributed by atoms with E-state index in [-0.39, 0.29) is 5.75 Å². The molecule has 0 amide bonds. The molecule has 0 aliphatic carbocycles. The van der Waals surface area contributed by atoms with Gasteiger partial charge in [0.15, 0.2) is 0 Å². The molecular formula is C17H19NO4S. The van der Waals surface area contributed by atoms with Gasteiger partial charge in [-0.2, -0.15) is 0 Å². The van der Waals surface area contributed by atoms with Crippen molar-refractivity contribution in [2.45, 2.75) is 19.6 Å². The lowest BCUT2D eigenvalue weighted by Crippen LogP contribution is -2.32. The topological polar surface area (TPSA) is 72.5 Å². The zero-order chi connectivity index (χ0) is 16.9. The molecule has 1 N–H and O–H groups in total. The molecule has 0 aliphatic rings. The fourth-order valence-electron chi connectivity index (χ4n) is 2.02. The van der Waals surface area contributed by atoms with E-state index in [9.17, 15) is 13.2 Å². The Morgan fingerprint density at radius 1 is 1.04 bits per heavy atom. The molecule has 0 aliphatic heterocycles. The fourth-order valence-corrected chi connectivity index (χ4v) is 3.07. The lowest BCUT2D eigenvalue weighted by Gasteiger charge is -2.08. The molecular weight excluding hydrogens is 314 g/mol. The lowest BCUT2D eigenvalue weighted by molar-refractivity contribution is -0.133. The smallest absolute Gasteiger partial charge is 0.326 e. The minimum atomic E-state index is -3.60. The molecule has 0 atom stereocenters. The van der Waals surface area contributed by atoms with Crippen molar-refractivity contribution in [2.24, 2.45) is 0 Å². The Morgan fingerprint density at radius 2 is 1.74 bits per heavy atom. The molecule has 0 spiro atoms. The second-order valence-corrected chi connectivity index (χ2v) is 7.16. The molecule has 0 heterocycles. The number of carbonyl (C=O) groups excluding carboxylic acids is 1. The first-order valence-electron chi connectivity index (χ1n) is 7.14. The van der Waals surface area contributed by atoms with Gasteiger partial charge in [0.2, 0.25) is 10.0 Å². The number of aryl methyl sites for hydroxylation is 2. The summed E-state index contributed by atoms with van der Waals surface area (Å²) in [7, 11) is -3.60. The van der Waals surface area contributed by atoms with Gasteiger partial charge in [0, 0.05) is 0 Å². The zero-order valence-electron chi connectivity index (χ0n) is 13.1. The fraction of sp³-hybridized carbons (Fsp3) is 0.235. The molecule has 23 heavy (non-hydrogen) atoms. The van der Waals surface area contributed by atoms with Crippen LogP contribution in [0.4, 0.5) is 0 Å². The van der Waals surface area contributed by atoms with Gasteiger partial charge in [-0.3, -0.25) is 4.79 Å². The Labute approximate surface area is 136 Å². The van der Waals surface area contributed by atoms with Crippen LogP contribution in [0.15, 0.2) is 48.5 Å². The highest BCUT2D eigenvalue weighted by atomic mass is 32.2. The molecule has 5 nitrogen and oxygen atoms in total. The van der Waals surface area contributed by atoms with Gasteiger partial charge in [0.05, 0.1) is 5.75 Å². The van der Waals surface area contributed by atoms with Crippen LogP contribution in [0.2, 0.25) is 0 Å². The maximum Gasteiger partial charge on any atom is 0.326 e. The zero-order valence-corrected chi connectivity index (χ0v) is 13.9. The number of ether oxygens (including phenoxy) is 1. The standard InChI is InChI=1S/C17H19NO4S/c1-13-6-8-16(9-7-13)22-17(19)11-18-23(20,21)12-15-5-3-4-14(2)10-15/h3-10,18H,11-12H2,1-2H3. The number of benzene rings is 2. The number of sulfonamides is 1. The molecule has 0 unspecified atom stereocenters. The number of rotatable bonds is 6. The predicted molar refractivity (Wildman–Crippen MR) is 88.6 cm³/mol. The van der Waals surface area contributed by atoms with Gasteiger partial charge in [0.1, 0.15) is 12.3 Å². The van der Waals surface area contributed by atoms with Crippen LogP contribution in [0.25, 0.3) is 0 Å². The number of nitrogens with one attached hydrogen (secondary N) is 1. The van der Waals surface area contributed by atoms with E-state index in [0.29, 0.717) is 11.3 Å². The number of carbonyl (C=O) groups is 1. The van der Waals surface area contributed by atoms with Crippen LogP contribution in [-0.4, -0.2) is 20.9 Å². The summed E-state index contributed by atoms with van der Waals surface area (Å²) in [4.78, 5) is 11.7. The third-order valence-corrected chi connectivity index (χ3v) is 4.43. The van der Waals surface area contributed by atoms with Crippen molar-refractivity contribution in [2.75, 3.05) is 6.54 Å². The minimum absolute atomic E-state index is 0.174. The van der Waals surface area contributed by atoms with E-state index < -0.39 is 22.5 Å². The van der Waals surface area contributed by atoms with Gasteiger partial charge < -0.3 is 4.74 Å². The summed E-state index contributed by atoms with van der Waals surface area (Å²) in [6.45, 7) is 3.41. The van der Waals surface area contributed by atoms with Crippen molar-refractivity contribution in [3.8, 4) is 5.75 Å². The van der Waals surface area contributed by atoms with Crippen molar-refractivity contribution in [1.82, 2.24) is 4.72 Å². The highest BCUT2D eigenvalue weighted by Gasteiger charge is 2.14. The maximum atomic E-state index is 12.0. The Balaban J connectivity index is 1.88. The van der Waals surface area contributed by atoms with E-state index >= 15 is 0 Å². The van der Waals surface area contributed by atoms with Crippen LogP contribution in [0.5, 0.6) is 5.75 Å². The van der Waals surface area contributed by atoms with E-state index in [2.05, 4.69) is 4.72 Å². The number of esters is 1. The van der Waals surface area contributed by atoms with Gasteiger partial charge in [-0.05, 0) is 31.5 Å². The molecule has 0 aromatic heterocycles. The number of hydrogen-bond donors (Lipinski definition) is 1. The molecule has 122 valence electrons. The van der Waals surface area contributed by atoms with Crippen LogP contribution in [0.3, 0.4) is 0 Å². The van der Waals surface area contributed by atoms with Gasteiger partial charge in [0.25, 0.3) is 0 Å². The first kappa shape index (κ1) is 17.2. The average Bonchev–Trinajstić information content (AvgIpc) is 2.47. The Bertz CT molecular complexity index is 782. The third-order valence-electron chi connectivity index (χ3n) is 3.13. The first-order chi connectivity index (χ1) is 10.8. The van der Waals surface area contributed by atoms with Crippen LogP contribution in [-0.2, 0) is 20.6 Å². The second kappa shape index (κ2) is 7.39. The first-order valence-corrected chi connectivity index (χ1v) is 8.79. The summed E-state index contributed by atoms with van der Waals surface area (Å²) in [5.74, 6) is -0.438. The largest absolute Gasteiger partial charge is 0.426 e. The van der Waals surface area contributed by atoms with Gasteiger partial charge in [-0.15, -0.1) is 0 Å². The van der Waals surface area contributed by atoms with Gasteiger partial charge in [-0.1, -0.05) is 47.5 Å². The van der Waals surface area contributed by atoms with E-state index in [1.807, 2.05) is 32.0 Å². The van der Waals surface area contributed by atoms with Crippen LogP contribution in [0.1, 0.15) is 16.7 Å². The summed E-state index contributed by atoms with van der Waals surface area (Å²) in [6.07, 6.45) is 0. The normalized spacial score (nSPS) is 11.2. The molecule has 2 rings (SSSR count). The maximum absolute atomic E-state index is 12.0. The van der Waals surface area contributed by atoms with Gasteiger partial charge in [-0.25, -0.2) is 13.1 Å². The van der Waals surface area contributed by atoms with Crippen molar-refractivity contribution < 1.29 is 17.9 Å². The quantitative estimate of drug-likeness (QED) is 0.650. The van der Waals surface area contributed by atoms with Crippen LogP contribution in [0, 0.1) is 13.8 Å². The Morgan fingerprint density at radius 3 is 2.39 bits per heavy atom. The van der Waals surface area contributed by atoms with E-state index in [1.54, 1.807) is 30.3 Å². The van der Waals surface area contributed by atoms with E-state index in [0.717, 1.165) is 11.1 Å². The highest BCUT2D eigenvalue weighted by molar-refractivity contribution is 7.88. The second-order valence-electron chi connectivity index (χ2n) is 5.36. The summed E-state index contributed by atoms with van der Waals surface area (Å²) >= 11 is 0. The van der Waals surface area contributed by atoms with E-state index in [4.69, 9.17) is 4.74 Å². The van der Waals surface area contributed by atoms with Crippen molar-refractivity contribution in [3.63, 3.8) is 0 Å². The van der Waals surface area contributed by atoms with E-state index in [1.165, 1.54) is 0 Å². The minimum Gasteiger partial charge on any atom is -0.426 e. The molecule has 0 saturated carbocycles. The molecule has 6 heteroatoms. The highest BCUT2D eigenvalue weighted by Crippen LogP contribution is 2.11. The summed E-state index contributed by atoms with van der Waals surface area (Å²) in [5.41, 5.74) is 2.70. The molecule has 0 fully saturated rings. The molecule has 0 radical (unpaired) electrons. The van der Waals surface area contributed by atoms with Crippen LogP contribution < -0.4 is 9.46 Å². The molecule has 0 saturated heterocycles. The summed E-state index contributed by atoms with van der Waals surface area (Å²) < 4.78 is 31.3. The average molecular weight is 333 g/mol. The van der Waals surface area contributed by atoms with Crippen molar-refractivity contribution in [3.05, 3.63) is 65.2 Å². The van der Waals surface area contributed by atoms with Crippen molar-refractivity contribution >= 4 is 16.0 Å². The summed E-state index contributed by atoms with van der Waals surface area (Å²) in [6, 6.07) is 14.2. The monoisotopic (exact) mass is 333 g/mol. The Hall–Kier alpha value is -2.18. The van der Waals surface area contributed by atoms with Gasteiger partial charge >= 0.3 is 5.97 Å². The third kappa shape index (κ3) is 5.84. The van der Waals surface area contributed by atoms with Crippen LogP contribution >= 0.6 is 0 Å². The summed E-state index contributed by atoms with van der Waals surface area (Å²) in [5, 5.41) is 0. The molecule has 0 bridgehead atoms.